The van der Waals surface area contributed by atoms with Crippen molar-refractivity contribution in [1.82, 2.24) is 14.3 Å². The van der Waals surface area contributed by atoms with E-state index in [1.807, 2.05) is 12.3 Å². The van der Waals surface area contributed by atoms with Crippen LogP contribution in [0.2, 0.25) is 5.02 Å². The Morgan fingerprint density at radius 3 is 2.69 bits per heavy atom. The smallest absolute Gasteiger partial charge is 0.281 e. The molecular weight excluding hydrogens is 430 g/mol. The summed E-state index contributed by atoms with van der Waals surface area (Å²) in [6.45, 7) is 1.87. The van der Waals surface area contributed by atoms with Crippen LogP contribution in [-0.4, -0.2) is 23.9 Å². The number of hydrogen-bond donors (Lipinski definition) is 1. The SMILES string of the molecule is Cc1csc(-c2cccc(S(=O)(=O)NC(=O)c3cc4cc(Cl)ccc4n3C)c2)n1. The second kappa shape index (κ2) is 7.29. The summed E-state index contributed by atoms with van der Waals surface area (Å²) >= 11 is 7.43. The van der Waals surface area contributed by atoms with Gasteiger partial charge in [-0.1, -0.05) is 23.7 Å². The van der Waals surface area contributed by atoms with E-state index in [2.05, 4.69) is 9.71 Å². The predicted octanol–water partition coefficient (Wildman–Crippen LogP) is 4.38. The van der Waals surface area contributed by atoms with E-state index in [0.29, 0.717) is 10.6 Å². The molecule has 2 aromatic heterocycles. The number of aryl methyl sites for hydroxylation is 2. The van der Waals surface area contributed by atoms with Gasteiger partial charge in [0.2, 0.25) is 0 Å². The number of nitrogens with zero attached hydrogens (tertiary/aromatic N) is 2. The van der Waals surface area contributed by atoms with Crippen LogP contribution in [-0.2, 0) is 17.1 Å². The summed E-state index contributed by atoms with van der Waals surface area (Å²) in [6, 6.07) is 13.2. The third-order valence-electron chi connectivity index (χ3n) is 4.47. The Balaban J connectivity index is 1.65. The van der Waals surface area contributed by atoms with Gasteiger partial charge < -0.3 is 4.57 Å². The maximum Gasteiger partial charge on any atom is 0.281 e. The molecule has 0 aliphatic carbocycles. The summed E-state index contributed by atoms with van der Waals surface area (Å²) in [5.41, 5.74) is 2.54. The number of thiazole rings is 1. The highest BCUT2D eigenvalue weighted by molar-refractivity contribution is 7.90. The van der Waals surface area contributed by atoms with Crippen LogP contribution in [0.5, 0.6) is 0 Å². The number of amides is 1. The van der Waals surface area contributed by atoms with Gasteiger partial charge in [0, 0.05) is 39.6 Å². The highest BCUT2D eigenvalue weighted by Gasteiger charge is 2.22. The van der Waals surface area contributed by atoms with Gasteiger partial charge in [-0.3, -0.25) is 4.79 Å². The molecule has 29 heavy (non-hydrogen) atoms. The minimum absolute atomic E-state index is 0.00184. The fraction of sp³-hybridized carbons (Fsp3) is 0.100. The van der Waals surface area contributed by atoms with E-state index in [1.54, 1.807) is 48.0 Å². The number of rotatable bonds is 4. The molecule has 6 nitrogen and oxygen atoms in total. The first-order valence-corrected chi connectivity index (χ1v) is 11.3. The Morgan fingerprint density at radius 1 is 1.17 bits per heavy atom. The van der Waals surface area contributed by atoms with Crippen LogP contribution < -0.4 is 4.72 Å². The van der Waals surface area contributed by atoms with Crippen molar-refractivity contribution < 1.29 is 13.2 Å². The molecule has 1 amide bonds. The number of sulfonamides is 1. The summed E-state index contributed by atoms with van der Waals surface area (Å²) in [7, 11) is -2.36. The van der Waals surface area contributed by atoms with Crippen molar-refractivity contribution in [1.29, 1.82) is 0 Å². The molecule has 4 aromatic rings. The lowest BCUT2D eigenvalue weighted by Crippen LogP contribution is -2.31. The summed E-state index contributed by atoms with van der Waals surface area (Å²) in [5.74, 6) is -0.713. The molecule has 0 atom stereocenters. The first-order chi connectivity index (χ1) is 13.7. The first-order valence-electron chi connectivity index (χ1n) is 8.59. The van der Waals surface area contributed by atoms with Gasteiger partial charge in [-0.15, -0.1) is 11.3 Å². The van der Waals surface area contributed by atoms with E-state index in [9.17, 15) is 13.2 Å². The molecule has 0 aliphatic rings. The van der Waals surface area contributed by atoms with E-state index in [-0.39, 0.29) is 10.6 Å². The number of nitrogens with one attached hydrogen (secondary N) is 1. The molecule has 0 unspecified atom stereocenters. The highest BCUT2D eigenvalue weighted by atomic mass is 35.5. The number of benzene rings is 2. The van der Waals surface area contributed by atoms with Crippen molar-refractivity contribution in [2.45, 2.75) is 11.8 Å². The number of hydrogen-bond acceptors (Lipinski definition) is 5. The third kappa shape index (κ3) is 3.78. The highest BCUT2D eigenvalue weighted by Crippen LogP contribution is 2.26. The zero-order valence-corrected chi connectivity index (χ0v) is 17.9. The van der Waals surface area contributed by atoms with Gasteiger partial charge in [0.15, 0.2) is 0 Å². The van der Waals surface area contributed by atoms with Crippen LogP contribution in [0.1, 0.15) is 16.2 Å². The maximum atomic E-state index is 12.8. The number of carbonyl (C=O) groups is 1. The zero-order chi connectivity index (χ0) is 20.8. The Kier molecular flexibility index (Phi) is 4.94. The van der Waals surface area contributed by atoms with Crippen LogP contribution in [0.15, 0.2) is 58.8 Å². The molecule has 0 bridgehead atoms. The molecule has 4 rings (SSSR count). The quantitative estimate of drug-likeness (QED) is 0.505. The molecule has 2 aromatic carbocycles. The Bertz CT molecular complexity index is 1360. The van der Waals surface area contributed by atoms with Gasteiger partial charge in [-0.05, 0) is 43.3 Å². The Hall–Kier alpha value is -2.68. The molecular formula is C20H16ClN3O3S2. The van der Waals surface area contributed by atoms with Gasteiger partial charge in [0.25, 0.3) is 15.9 Å². The number of halogens is 1. The topological polar surface area (TPSA) is 81.1 Å². The van der Waals surface area contributed by atoms with E-state index >= 15 is 0 Å². The van der Waals surface area contributed by atoms with Crippen molar-refractivity contribution in [2.24, 2.45) is 7.05 Å². The molecule has 1 N–H and O–H groups in total. The minimum Gasteiger partial charge on any atom is -0.340 e. The first kappa shape index (κ1) is 19.6. The van der Waals surface area contributed by atoms with Crippen molar-refractivity contribution in [3.63, 3.8) is 0 Å². The summed E-state index contributed by atoms with van der Waals surface area (Å²) in [5, 5.41) is 3.90. The molecule has 148 valence electrons. The summed E-state index contributed by atoms with van der Waals surface area (Å²) < 4.78 is 29.4. The largest absolute Gasteiger partial charge is 0.340 e. The van der Waals surface area contributed by atoms with Crippen LogP contribution in [0, 0.1) is 6.92 Å². The predicted molar refractivity (Wildman–Crippen MR) is 115 cm³/mol. The van der Waals surface area contributed by atoms with Crippen LogP contribution in [0.4, 0.5) is 0 Å². The zero-order valence-electron chi connectivity index (χ0n) is 15.5. The normalized spacial score (nSPS) is 11.7. The van der Waals surface area contributed by atoms with Gasteiger partial charge >= 0.3 is 0 Å². The lowest BCUT2D eigenvalue weighted by atomic mass is 10.2. The fourth-order valence-electron chi connectivity index (χ4n) is 3.05. The molecule has 2 heterocycles. The molecule has 0 saturated heterocycles. The Labute approximate surface area is 176 Å². The molecule has 0 aliphatic heterocycles. The third-order valence-corrected chi connectivity index (χ3v) is 7.05. The van der Waals surface area contributed by atoms with Crippen LogP contribution in [0.25, 0.3) is 21.5 Å². The molecule has 9 heteroatoms. The summed E-state index contributed by atoms with van der Waals surface area (Å²) in [4.78, 5) is 17.1. The van der Waals surface area contributed by atoms with Crippen LogP contribution in [0.3, 0.4) is 0 Å². The number of aromatic nitrogens is 2. The molecule has 0 spiro atoms. The second-order valence-electron chi connectivity index (χ2n) is 6.55. The van der Waals surface area contributed by atoms with Crippen molar-refractivity contribution in [3.05, 3.63) is 70.3 Å². The number of fused-ring (bicyclic) bond motifs is 1. The fourth-order valence-corrected chi connectivity index (χ4v) is 5.04. The van der Waals surface area contributed by atoms with E-state index in [0.717, 1.165) is 21.6 Å². The standard InChI is InChI=1S/C20H16ClN3O3S2/c1-12-11-28-20(22-12)13-4-3-5-16(9-13)29(26,27)23-19(25)18-10-14-8-15(21)6-7-17(14)24(18)2/h3-11H,1-2H3,(H,23,25). The van der Waals surface area contributed by atoms with Gasteiger partial charge in [-0.25, -0.2) is 18.1 Å². The minimum atomic E-state index is -4.06. The van der Waals surface area contributed by atoms with Gasteiger partial charge in [0.05, 0.1) is 4.90 Å². The number of carbonyl (C=O) groups excluding carboxylic acids is 1. The molecule has 0 saturated carbocycles. The second-order valence-corrected chi connectivity index (χ2v) is 9.53. The van der Waals surface area contributed by atoms with Crippen LogP contribution >= 0.6 is 22.9 Å². The average molecular weight is 446 g/mol. The lowest BCUT2D eigenvalue weighted by molar-refractivity contribution is 0.0974. The van der Waals surface area contributed by atoms with Crippen molar-refractivity contribution in [2.75, 3.05) is 0 Å². The lowest BCUT2D eigenvalue weighted by Gasteiger charge is -2.09. The Morgan fingerprint density at radius 2 is 1.97 bits per heavy atom. The van der Waals surface area contributed by atoms with Gasteiger partial charge in [-0.2, -0.15) is 0 Å². The monoisotopic (exact) mass is 445 g/mol. The van der Waals surface area contributed by atoms with E-state index < -0.39 is 15.9 Å². The molecule has 0 fully saturated rings. The average Bonchev–Trinajstić information content (AvgIpc) is 3.25. The maximum absolute atomic E-state index is 12.8. The van der Waals surface area contributed by atoms with Crippen molar-refractivity contribution in [3.8, 4) is 10.6 Å². The molecule has 0 radical (unpaired) electrons. The van der Waals surface area contributed by atoms with E-state index in [1.165, 1.54) is 23.5 Å². The van der Waals surface area contributed by atoms with E-state index in [4.69, 9.17) is 11.6 Å². The van der Waals surface area contributed by atoms with Gasteiger partial charge in [0.1, 0.15) is 10.7 Å². The summed E-state index contributed by atoms with van der Waals surface area (Å²) in [6.07, 6.45) is 0. The van der Waals surface area contributed by atoms with Crippen molar-refractivity contribution >= 4 is 49.8 Å².